The zero-order valence-electron chi connectivity index (χ0n) is 15.5. The molecule has 0 saturated heterocycles. The first-order chi connectivity index (χ1) is 12.4. The Morgan fingerprint density at radius 1 is 1.27 bits per heavy atom. The molecule has 0 amide bonds. The van der Waals surface area contributed by atoms with Gasteiger partial charge in [0.15, 0.2) is 17.4 Å². The molecule has 4 rings (SSSR count). The smallest absolute Gasteiger partial charge is 0.176 e. The number of rotatable bonds is 4. The normalized spacial score (nSPS) is 11.6. The fourth-order valence-corrected chi connectivity index (χ4v) is 3.36. The van der Waals surface area contributed by atoms with Gasteiger partial charge in [-0.2, -0.15) is 5.10 Å². The Balaban J connectivity index is 2.01. The summed E-state index contributed by atoms with van der Waals surface area (Å²) in [6.07, 6.45) is 1.76. The molecule has 4 aromatic heterocycles. The Labute approximate surface area is 150 Å². The molecule has 134 valence electrons. The lowest BCUT2D eigenvalue weighted by atomic mass is 10.2. The Kier molecular flexibility index (Phi) is 3.57. The summed E-state index contributed by atoms with van der Waals surface area (Å²) in [5, 5.41) is 8.66. The molecule has 0 saturated carbocycles. The van der Waals surface area contributed by atoms with Crippen molar-refractivity contribution in [2.24, 2.45) is 14.1 Å². The van der Waals surface area contributed by atoms with Crippen molar-refractivity contribution in [3.8, 4) is 0 Å². The standard InChI is InChI=1S/C18H21N7O/c1-6-25-13(11(3)26)8-12-16-15(19-9-23(16)4)17(21-18(12)25)20-14-7-10(2)24(5)22-14/h7-9H,6H2,1-5H3,(H,20,21,22). The first-order valence-electron chi connectivity index (χ1n) is 8.53. The van der Waals surface area contributed by atoms with Gasteiger partial charge in [0.05, 0.1) is 17.5 Å². The van der Waals surface area contributed by atoms with Crippen LogP contribution in [0.1, 0.15) is 30.0 Å². The van der Waals surface area contributed by atoms with Crippen molar-refractivity contribution >= 4 is 39.5 Å². The van der Waals surface area contributed by atoms with Gasteiger partial charge in [0, 0.05) is 44.7 Å². The number of ketones is 1. The van der Waals surface area contributed by atoms with Crippen LogP contribution in [0.4, 0.5) is 11.6 Å². The summed E-state index contributed by atoms with van der Waals surface area (Å²) < 4.78 is 5.70. The molecular formula is C18H21N7O. The fraction of sp³-hybridized carbons (Fsp3) is 0.333. The molecule has 26 heavy (non-hydrogen) atoms. The van der Waals surface area contributed by atoms with E-state index in [9.17, 15) is 4.79 Å². The van der Waals surface area contributed by atoms with Crippen LogP contribution in [0.25, 0.3) is 22.1 Å². The van der Waals surface area contributed by atoms with Crippen molar-refractivity contribution in [3.63, 3.8) is 0 Å². The van der Waals surface area contributed by atoms with Crippen LogP contribution in [0.2, 0.25) is 0 Å². The van der Waals surface area contributed by atoms with Crippen LogP contribution in [0.5, 0.6) is 0 Å². The number of aryl methyl sites for hydroxylation is 4. The number of carbonyl (C=O) groups is 1. The second-order valence-electron chi connectivity index (χ2n) is 6.50. The van der Waals surface area contributed by atoms with Gasteiger partial charge in [-0.15, -0.1) is 0 Å². The van der Waals surface area contributed by atoms with Crippen molar-refractivity contribution < 1.29 is 4.79 Å². The third-order valence-electron chi connectivity index (χ3n) is 4.74. The maximum Gasteiger partial charge on any atom is 0.176 e. The molecule has 0 atom stereocenters. The molecule has 0 fully saturated rings. The van der Waals surface area contributed by atoms with Gasteiger partial charge in [-0.05, 0) is 19.9 Å². The largest absolute Gasteiger partial charge is 0.333 e. The van der Waals surface area contributed by atoms with E-state index in [1.54, 1.807) is 17.9 Å². The summed E-state index contributed by atoms with van der Waals surface area (Å²) in [7, 11) is 3.84. The van der Waals surface area contributed by atoms with E-state index in [1.807, 2.05) is 49.2 Å². The van der Waals surface area contributed by atoms with E-state index in [-0.39, 0.29) is 5.78 Å². The highest BCUT2D eigenvalue weighted by Crippen LogP contribution is 2.32. The lowest BCUT2D eigenvalue weighted by molar-refractivity contribution is 0.100. The minimum Gasteiger partial charge on any atom is -0.333 e. The molecule has 8 nitrogen and oxygen atoms in total. The molecular weight excluding hydrogens is 330 g/mol. The number of hydrogen-bond acceptors (Lipinski definition) is 5. The number of nitrogens with one attached hydrogen (secondary N) is 1. The third kappa shape index (κ3) is 2.29. The van der Waals surface area contributed by atoms with Crippen LogP contribution in [-0.2, 0) is 20.6 Å². The fourth-order valence-electron chi connectivity index (χ4n) is 3.36. The summed E-state index contributed by atoms with van der Waals surface area (Å²) in [5.41, 5.74) is 4.17. The summed E-state index contributed by atoms with van der Waals surface area (Å²) in [4.78, 5) is 21.4. The molecule has 0 aliphatic heterocycles. The maximum atomic E-state index is 12.1. The number of fused-ring (bicyclic) bond motifs is 3. The molecule has 0 unspecified atom stereocenters. The first-order valence-corrected chi connectivity index (χ1v) is 8.53. The van der Waals surface area contributed by atoms with E-state index in [0.29, 0.717) is 23.9 Å². The van der Waals surface area contributed by atoms with Crippen molar-refractivity contribution in [1.82, 2.24) is 28.9 Å². The number of anilines is 2. The minimum atomic E-state index is 0.0232. The molecule has 0 aliphatic carbocycles. The van der Waals surface area contributed by atoms with Gasteiger partial charge in [-0.1, -0.05) is 0 Å². The first kappa shape index (κ1) is 16.3. The Morgan fingerprint density at radius 2 is 2.04 bits per heavy atom. The SMILES string of the molecule is CCn1c(C(C)=O)cc2c3c(ncn3C)c(Nc3cc(C)n(C)n3)nc21. The predicted molar refractivity (Wildman–Crippen MR) is 101 cm³/mol. The highest BCUT2D eigenvalue weighted by Gasteiger charge is 2.20. The highest BCUT2D eigenvalue weighted by atomic mass is 16.1. The Hall–Kier alpha value is -3.16. The molecule has 1 N–H and O–H groups in total. The van der Waals surface area contributed by atoms with Gasteiger partial charge in [0.2, 0.25) is 0 Å². The Morgan fingerprint density at radius 3 is 2.65 bits per heavy atom. The summed E-state index contributed by atoms with van der Waals surface area (Å²) >= 11 is 0. The van der Waals surface area contributed by atoms with Crippen molar-refractivity contribution in [2.45, 2.75) is 27.3 Å². The van der Waals surface area contributed by atoms with Crippen LogP contribution < -0.4 is 5.32 Å². The van der Waals surface area contributed by atoms with Crippen molar-refractivity contribution in [2.75, 3.05) is 5.32 Å². The summed E-state index contributed by atoms with van der Waals surface area (Å²) in [5.74, 6) is 1.37. The molecule has 0 spiro atoms. The molecule has 0 bridgehead atoms. The molecule has 4 aromatic rings. The van der Waals surface area contributed by atoms with Gasteiger partial charge >= 0.3 is 0 Å². The van der Waals surface area contributed by atoms with Crippen molar-refractivity contribution in [1.29, 1.82) is 0 Å². The summed E-state index contributed by atoms with van der Waals surface area (Å²) in [6, 6.07) is 3.87. The van der Waals surface area contributed by atoms with E-state index in [0.717, 1.165) is 27.8 Å². The quantitative estimate of drug-likeness (QED) is 0.572. The van der Waals surface area contributed by atoms with Gasteiger partial charge in [-0.3, -0.25) is 9.48 Å². The lowest BCUT2D eigenvalue weighted by Gasteiger charge is -2.08. The van der Waals surface area contributed by atoms with E-state index >= 15 is 0 Å². The Bertz CT molecular complexity index is 1140. The predicted octanol–water partition coefficient (Wildman–Crippen LogP) is 2.93. The number of carbonyl (C=O) groups excluding carboxylic acids is 1. The third-order valence-corrected chi connectivity index (χ3v) is 4.74. The van der Waals surface area contributed by atoms with Gasteiger partial charge in [-0.25, -0.2) is 9.97 Å². The topological polar surface area (TPSA) is 82.6 Å². The van der Waals surface area contributed by atoms with Crippen molar-refractivity contribution in [3.05, 3.63) is 29.8 Å². The average Bonchev–Trinajstić information content (AvgIpc) is 3.23. The second kappa shape index (κ2) is 5.69. The van der Waals surface area contributed by atoms with E-state index in [4.69, 9.17) is 4.98 Å². The van der Waals surface area contributed by atoms with Crippen LogP contribution in [0.15, 0.2) is 18.5 Å². The number of nitrogens with zero attached hydrogens (tertiary/aromatic N) is 6. The minimum absolute atomic E-state index is 0.0232. The summed E-state index contributed by atoms with van der Waals surface area (Å²) in [6.45, 7) is 6.25. The van der Waals surface area contributed by atoms with E-state index < -0.39 is 0 Å². The number of hydrogen-bond donors (Lipinski definition) is 1. The van der Waals surface area contributed by atoms with Gasteiger partial charge in [0.25, 0.3) is 0 Å². The van der Waals surface area contributed by atoms with Crippen LogP contribution in [0, 0.1) is 6.92 Å². The zero-order chi connectivity index (χ0) is 18.6. The molecule has 0 radical (unpaired) electrons. The zero-order valence-corrected chi connectivity index (χ0v) is 15.5. The maximum absolute atomic E-state index is 12.1. The van der Waals surface area contributed by atoms with Gasteiger partial charge < -0.3 is 14.5 Å². The number of aromatic nitrogens is 6. The average molecular weight is 351 g/mol. The molecule has 0 aliphatic rings. The van der Waals surface area contributed by atoms with Crippen LogP contribution >= 0.6 is 0 Å². The van der Waals surface area contributed by atoms with Crippen LogP contribution in [-0.4, -0.2) is 34.7 Å². The second-order valence-corrected chi connectivity index (χ2v) is 6.50. The lowest BCUT2D eigenvalue weighted by Crippen LogP contribution is -2.06. The monoisotopic (exact) mass is 351 g/mol. The number of imidazole rings is 1. The van der Waals surface area contributed by atoms with E-state index in [1.165, 1.54) is 0 Å². The molecule has 8 heteroatoms. The molecule has 0 aromatic carbocycles. The number of Topliss-reactive ketones (excluding diaryl/α,β-unsaturated/α-hetero) is 1. The number of pyridine rings is 1. The van der Waals surface area contributed by atoms with E-state index in [2.05, 4.69) is 15.4 Å². The van der Waals surface area contributed by atoms with Crippen LogP contribution in [0.3, 0.4) is 0 Å². The highest BCUT2D eigenvalue weighted by molar-refractivity contribution is 6.10. The molecule has 4 heterocycles. The van der Waals surface area contributed by atoms with Gasteiger partial charge in [0.1, 0.15) is 11.2 Å².